The highest BCUT2D eigenvalue weighted by Crippen LogP contribution is 2.39. The lowest BCUT2D eigenvalue weighted by molar-refractivity contribution is -0.116. The van der Waals surface area contributed by atoms with Gasteiger partial charge in [-0.25, -0.2) is 0 Å². The molecule has 2 aliphatic rings. The molecule has 1 aliphatic carbocycles. The van der Waals surface area contributed by atoms with Gasteiger partial charge in [0.25, 0.3) is 0 Å². The Morgan fingerprint density at radius 3 is 2.80 bits per heavy atom. The van der Waals surface area contributed by atoms with Gasteiger partial charge in [-0.15, -0.1) is 0 Å². The van der Waals surface area contributed by atoms with Gasteiger partial charge in [-0.1, -0.05) is 6.08 Å². The second-order valence-electron chi connectivity index (χ2n) is 3.86. The number of carbonyl (C=O) groups excluding carboxylic acids is 1. The van der Waals surface area contributed by atoms with Crippen molar-refractivity contribution in [1.29, 1.82) is 0 Å². The van der Waals surface area contributed by atoms with Crippen LogP contribution in [0.3, 0.4) is 0 Å². The van der Waals surface area contributed by atoms with Crippen LogP contribution in [0, 0.1) is 0 Å². The van der Waals surface area contributed by atoms with E-state index in [-0.39, 0.29) is 12.4 Å². The zero-order valence-electron chi connectivity index (χ0n) is 8.73. The van der Waals surface area contributed by atoms with Gasteiger partial charge in [0.15, 0.2) is 5.78 Å². The van der Waals surface area contributed by atoms with Crippen LogP contribution in [0.1, 0.15) is 13.8 Å². The lowest BCUT2D eigenvalue weighted by atomic mass is 9.85. The summed E-state index contributed by atoms with van der Waals surface area (Å²) in [6, 6.07) is 0. The number of allylic oxidation sites excluding steroid dienone is 2. The highest BCUT2D eigenvalue weighted by molar-refractivity contribution is 6.06. The fourth-order valence-corrected chi connectivity index (χ4v) is 1.99. The molecule has 15 heavy (non-hydrogen) atoms. The molecule has 1 fully saturated rings. The topological polar surface area (TPSA) is 70.1 Å². The first kappa shape index (κ1) is 10.5. The van der Waals surface area contributed by atoms with Gasteiger partial charge < -0.3 is 14.9 Å². The average molecular weight is 210 g/mol. The van der Waals surface area contributed by atoms with Crippen LogP contribution in [-0.4, -0.2) is 40.9 Å². The van der Waals surface area contributed by atoms with Crippen LogP contribution < -0.4 is 0 Å². The molecule has 2 N–H and O–H groups in total. The second kappa shape index (κ2) is 3.56. The molecule has 2 rings (SSSR count). The number of Topliss-reactive ketones (excluding diaryl/α,β-unsaturated/α-hetero) is 1. The average Bonchev–Trinajstić information content (AvgIpc) is 3.02. The Balaban J connectivity index is 2.47. The van der Waals surface area contributed by atoms with E-state index in [1.165, 1.54) is 0 Å². The van der Waals surface area contributed by atoms with Gasteiger partial charge in [0.05, 0.1) is 6.61 Å². The fourth-order valence-electron chi connectivity index (χ4n) is 1.99. The number of ketones is 1. The van der Waals surface area contributed by atoms with Crippen molar-refractivity contribution in [3.8, 4) is 0 Å². The number of hydrogen-bond donors (Lipinski definition) is 2. The van der Waals surface area contributed by atoms with Gasteiger partial charge >= 0.3 is 0 Å². The van der Waals surface area contributed by atoms with Crippen molar-refractivity contribution in [2.75, 3.05) is 6.61 Å². The molecule has 0 aromatic carbocycles. The Labute approximate surface area is 87.9 Å². The summed E-state index contributed by atoms with van der Waals surface area (Å²) < 4.78 is 5.08. The Kier molecular flexibility index (Phi) is 2.50. The van der Waals surface area contributed by atoms with Crippen LogP contribution in [0.5, 0.6) is 0 Å². The van der Waals surface area contributed by atoms with Crippen molar-refractivity contribution in [3.05, 3.63) is 22.8 Å². The van der Waals surface area contributed by atoms with E-state index in [0.29, 0.717) is 11.1 Å². The molecule has 0 saturated carbocycles. The Hall–Kier alpha value is -0.970. The molecule has 0 aromatic heterocycles. The number of aliphatic hydroxyl groups is 2. The first-order valence-corrected chi connectivity index (χ1v) is 4.96. The van der Waals surface area contributed by atoms with Gasteiger partial charge in [0.1, 0.15) is 18.3 Å². The van der Waals surface area contributed by atoms with E-state index >= 15 is 0 Å². The van der Waals surface area contributed by atoms with Crippen LogP contribution in [0.15, 0.2) is 22.8 Å². The first-order valence-electron chi connectivity index (χ1n) is 4.96. The Morgan fingerprint density at radius 1 is 1.60 bits per heavy atom. The van der Waals surface area contributed by atoms with E-state index in [4.69, 9.17) is 4.74 Å². The predicted molar refractivity (Wildman–Crippen MR) is 53.2 cm³/mol. The Bertz CT molecular complexity index is 367. The smallest absolute Gasteiger partial charge is 0.194 e. The lowest BCUT2D eigenvalue weighted by Gasteiger charge is -2.20. The summed E-state index contributed by atoms with van der Waals surface area (Å²) >= 11 is 0. The summed E-state index contributed by atoms with van der Waals surface area (Å²) in [5, 5.41) is 19.0. The van der Waals surface area contributed by atoms with Crippen LogP contribution in [0.4, 0.5) is 0 Å². The minimum atomic E-state index is -0.845. The number of hydrogen-bond acceptors (Lipinski definition) is 4. The van der Waals surface area contributed by atoms with Crippen molar-refractivity contribution in [2.45, 2.75) is 32.2 Å². The maximum Gasteiger partial charge on any atom is 0.194 e. The molecule has 82 valence electrons. The molecule has 0 unspecified atom stereocenters. The SMILES string of the molecule is CC=C(C)C1=C(CO)[C@H](O)[C@H]2O[C@H]2C1=O. The molecule has 4 heteroatoms. The molecule has 1 heterocycles. The highest BCUT2D eigenvalue weighted by Gasteiger charge is 2.55. The van der Waals surface area contributed by atoms with Gasteiger partial charge in [0, 0.05) is 5.57 Å². The minimum Gasteiger partial charge on any atom is -0.392 e. The zero-order valence-corrected chi connectivity index (χ0v) is 8.73. The summed E-state index contributed by atoms with van der Waals surface area (Å²) in [5.74, 6) is -0.120. The second-order valence-corrected chi connectivity index (χ2v) is 3.86. The molecule has 0 amide bonds. The lowest BCUT2D eigenvalue weighted by Crippen LogP contribution is -2.33. The summed E-state index contributed by atoms with van der Waals surface area (Å²) in [6.45, 7) is 3.30. The van der Waals surface area contributed by atoms with E-state index < -0.39 is 18.3 Å². The maximum absolute atomic E-state index is 11.8. The number of ether oxygens (including phenoxy) is 1. The molecule has 0 radical (unpaired) electrons. The summed E-state index contributed by atoms with van der Waals surface area (Å²) in [5.41, 5.74) is 1.60. The predicted octanol–water partition coefficient (Wildman–Crippen LogP) is -0.0475. The Morgan fingerprint density at radius 2 is 2.27 bits per heavy atom. The van der Waals surface area contributed by atoms with E-state index in [1.807, 2.05) is 6.92 Å². The van der Waals surface area contributed by atoms with Gasteiger partial charge in [0.2, 0.25) is 0 Å². The van der Waals surface area contributed by atoms with Gasteiger partial charge in [-0.05, 0) is 25.0 Å². The molecule has 0 bridgehead atoms. The van der Waals surface area contributed by atoms with E-state index in [1.54, 1.807) is 13.0 Å². The first-order chi connectivity index (χ1) is 7.11. The molecule has 0 aromatic rings. The van der Waals surface area contributed by atoms with Crippen LogP contribution in [0.25, 0.3) is 0 Å². The van der Waals surface area contributed by atoms with Crippen LogP contribution >= 0.6 is 0 Å². The normalized spacial score (nSPS) is 35.6. The number of fused-ring (bicyclic) bond motifs is 1. The van der Waals surface area contributed by atoms with Crippen molar-refractivity contribution < 1.29 is 19.7 Å². The zero-order chi connectivity index (χ0) is 11.2. The third-order valence-corrected chi connectivity index (χ3v) is 3.02. The molecular formula is C11H14O4. The molecule has 3 atom stereocenters. The summed E-state index contributed by atoms with van der Waals surface area (Å²) in [4.78, 5) is 11.8. The minimum absolute atomic E-state index is 0.120. The van der Waals surface area contributed by atoms with Crippen molar-refractivity contribution in [3.63, 3.8) is 0 Å². The third kappa shape index (κ3) is 1.45. The maximum atomic E-state index is 11.8. The van der Waals surface area contributed by atoms with Crippen LogP contribution in [-0.2, 0) is 9.53 Å². The largest absolute Gasteiger partial charge is 0.392 e. The van der Waals surface area contributed by atoms with Crippen molar-refractivity contribution in [2.24, 2.45) is 0 Å². The van der Waals surface area contributed by atoms with Crippen molar-refractivity contribution >= 4 is 5.78 Å². The van der Waals surface area contributed by atoms with Gasteiger partial charge in [-0.3, -0.25) is 4.79 Å². The molecular weight excluding hydrogens is 196 g/mol. The van der Waals surface area contributed by atoms with E-state index in [0.717, 1.165) is 5.57 Å². The molecule has 0 spiro atoms. The quantitative estimate of drug-likeness (QED) is 0.627. The number of aliphatic hydroxyl groups excluding tert-OH is 2. The monoisotopic (exact) mass is 210 g/mol. The molecule has 4 nitrogen and oxygen atoms in total. The van der Waals surface area contributed by atoms with Gasteiger partial charge in [-0.2, -0.15) is 0 Å². The summed E-state index contributed by atoms with van der Waals surface area (Å²) in [6.07, 6.45) is 0.00839. The molecule has 1 aliphatic heterocycles. The third-order valence-electron chi connectivity index (χ3n) is 3.02. The summed E-state index contributed by atoms with van der Waals surface area (Å²) in [7, 11) is 0. The number of carbonyl (C=O) groups is 1. The molecule has 1 saturated heterocycles. The van der Waals surface area contributed by atoms with E-state index in [9.17, 15) is 15.0 Å². The van der Waals surface area contributed by atoms with E-state index in [2.05, 4.69) is 0 Å². The highest BCUT2D eigenvalue weighted by atomic mass is 16.6. The number of epoxide rings is 1. The van der Waals surface area contributed by atoms with Crippen LogP contribution in [0.2, 0.25) is 0 Å². The van der Waals surface area contributed by atoms with Crippen molar-refractivity contribution in [1.82, 2.24) is 0 Å². The standard InChI is InChI=1S/C11H14O4/c1-3-5(2)7-6(4-12)8(13)10-11(15-10)9(7)14/h3,8,10-13H,4H2,1-2H3/t8-,10+,11-/m0/s1. The fraction of sp³-hybridized carbons (Fsp3) is 0.545. The number of rotatable bonds is 2.